The van der Waals surface area contributed by atoms with Crippen LogP contribution in [0.2, 0.25) is 0 Å². The monoisotopic (exact) mass is 198 g/mol. The molecule has 0 aliphatic heterocycles. The molecule has 0 saturated heterocycles. The molecule has 0 spiro atoms. The first-order valence-corrected chi connectivity index (χ1v) is 4.32. The normalized spacial score (nSPS) is 11.5. The van der Waals surface area contributed by atoms with Crippen LogP contribution in [0.5, 0.6) is 0 Å². The molecule has 1 nitrogen and oxygen atoms in total. The molecule has 0 aromatic heterocycles. The van der Waals surface area contributed by atoms with E-state index >= 15 is 0 Å². The third-order valence-electron chi connectivity index (χ3n) is 1.98. The summed E-state index contributed by atoms with van der Waals surface area (Å²) in [6.45, 7) is 3.98. The van der Waals surface area contributed by atoms with Gasteiger partial charge in [-0.2, -0.15) is 0 Å². The zero-order chi connectivity index (χ0) is 10.9. The van der Waals surface area contributed by atoms with Crippen molar-refractivity contribution in [3.63, 3.8) is 0 Å². The molecule has 0 atom stereocenters. The van der Waals surface area contributed by atoms with Crippen LogP contribution in [-0.2, 0) is 0 Å². The van der Waals surface area contributed by atoms with Crippen molar-refractivity contribution < 1.29 is 13.6 Å². The highest BCUT2D eigenvalue weighted by atomic mass is 19.1. The first-order chi connectivity index (χ1) is 6.32. The zero-order valence-electron chi connectivity index (χ0n) is 8.40. The molecule has 14 heavy (non-hydrogen) atoms. The van der Waals surface area contributed by atoms with E-state index in [1.54, 1.807) is 6.92 Å². The Morgan fingerprint density at radius 3 is 2.43 bits per heavy atom. The largest absolute Gasteiger partial charge is 0.291 e. The second-order valence-corrected chi connectivity index (χ2v) is 3.76. The Bertz CT molecular complexity index is 364. The highest BCUT2D eigenvalue weighted by Gasteiger charge is 2.28. The third kappa shape index (κ3) is 2.16. The fourth-order valence-corrected chi connectivity index (χ4v) is 1.16. The molecular formula is C11H12F2O. The van der Waals surface area contributed by atoms with Gasteiger partial charge in [0, 0.05) is 5.56 Å². The number of Topliss-reactive ketones (excluding diaryl/α,β-unsaturated/α-hetero) is 1. The van der Waals surface area contributed by atoms with E-state index in [0.29, 0.717) is 5.56 Å². The average Bonchev–Trinajstić information content (AvgIpc) is 2.06. The minimum Gasteiger partial charge on any atom is -0.291 e. The molecule has 0 aliphatic rings. The molecule has 0 radical (unpaired) electrons. The maximum Gasteiger partial charge on any atom is 0.199 e. The molecule has 0 bridgehead atoms. The third-order valence-corrected chi connectivity index (χ3v) is 1.98. The molecule has 0 aliphatic carbocycles. The van der Waals surface area contributed by atoms with Crippen molar-refractivity contribution in [1.82, 2.24) is 0 Å². The number of alkyl halides is 1. The van der Waals surface area contributed by atoms with E-state index < -0.39 is 17.3 Å². The lowest BCUT2D eigenvalue weighted by atomic mass is 9.95. The fraction of sp³-hybridized carbons (Fsp3) is 0.364. The molecule has 1 rings (SSSR count). The number of halogens is 2. The van der Waals surface area contributed by atoms with Gasteiger partial charge in [0.15, 0.2) is 11.5 Å². The van der Waals surface area contributed by atoms with Gasteiger partial charge in [-0.3, -0.25) is 4.79 Å². The maximum atomic E-state index is 13.3. The van der Waals surface area contributed by atoms with Gasteiger partial charge in [0.25, 0.3) is 0 Å². The summed E-state index contributed by atoms with van der Waals surface area (Å²) in [7, 11) is 0. The Kier molecular flexibility index (Phi) is 2.69. The number of ketones is 1. The zero-order valence-corrected chi connectivity index (χ0v) is 8.40. The summed E-state index contributed by atoms with van der Waals surface area (Å²) in [5.74, 6) is -1.21. The maximum absolute atomic E-state index is 13.3. The van der Waals surface area contributed by atoms with E-state index in [1.165, 1.54) is 26.0 Å². The van der Waals surface area contributed by atoms with E-state index in [1.807, 2.05) is 0 Å². The molecule has 0 fully saturated rings. The van der Waals surface area contributed by atoms with Crippen molar-refractivity contribution in [3.05, 3.63) is 35.1 Å². The number of hydrogen-bond donors (Lipinski definition) is 0. The molecule has 0 N–H and O–H groups in total. The van der Waals surface area contributed by atoms with Crippen LogP contribution >= 0.6 is 0 Å². The second-order valence-electron chi connectivity index (χ2n) is 3.76. The number of aryl methyl sites for hydroxylation is 1. The van der Waals surface area contributed by atoms with Crippen LogP contribution in [0, 0.1) is 12.7 Å². The van der Waals surface area contributed by atoms with Gasteiger partial charge in [-0.05, 0) is 38.5 Å². The highest BCUT2D eigenvalue weighted by molar-refractivity contribution is 6.02. The first-order valence-electron chi connectivity index (χ1n) is 4.32. The molecular weight excluding hydrogens is 186 g/mol. The molecule has 0 amide bonds. The minimum absolute atomic E-state index is 0.109. The number of carbonyl (C=O) groups excluding carboxylic acids is 1. The van der Waals surface area contributed by atoms with Crippen molar-refractivity contribution in [2.75, 3.05) is 0 Å². The van der Waals surface area contributed by atoms with Gasteiger partial charge in [0.2, 0.25) is 0 Å². The topological polar surface area (TPSA) is 17.1 Å². The summed E-state index contributed by atoms with van der Waals surface area (Å²) in [4.78, 5) is 11.5. The predicted molar refractivity (Wildman–Crippen MR) is 50.7 cm³/mol. The van der Waals surface area contributed by atoms with Gasteiger partial charge in [-0.1, -0.05) is 6.07 Å². The lowest BCUT2D eigenvalue weighted by Gasteiger charge is -2.14. The summed E-state index contributed by atoms with van der Waals surface area (Å²) in [6, 6.07) is 3.78. The Hall–Kier alpha value is -1.25. The predicted octanol–water partition coefficient (Wildman–Crippen LogP) is 3.06. The van der Waals surface area contributed by atoms with Gasteiger partial charge < -0.3 is 0 Å². The molecule has 0 heterocycles. The molecule has 0 saturated carbocycles. The Balaban J connectivity index is 3.19. The fourth-order valence-electron chi connectivity index (χ4n) is 1.16. The van der Waals surface area contributed by atoms with Crippen LogP contribution in [0.25, 0.3) is 0 Å². The van der Waals surface area contributed by atoms with Crippen molar-refractivity contribution in [3.8, 4) is 0 Å². The van der Waals surface area contributed by atoms with Crippen LogP contribution < -0.4 is 0 Å². The van der Waals surface area contributed by atoms with Crippen LogP contribution in [0.1, 0.15) is 29.8 Å². The van der Waals surface area contributed by atoms with Gasteiger partial charge >= 0.3 is 0 Å². The van der Waals surface area contributed by atoms with Crippen LogP contribution in [0.3, 0.4) is 0 Å². The van der Waals surface area contributed by atoms with E-state index in [2.05, 4.69) is 0 Å². The summed E-state index contributed by atoms with van der Waals surface area (Å²) >= 11 is 0. The number of carbonyl (C=O) groups is 1. The van der Waals surface area contributed by atoms with E-state index in [4.69, 9.17) is 0 Å². The van der Waals surface area contributed by atoms with E-state index in [-0.39, 0.29) is 5.56 Å². The van der Waals surface area contributed by atoms with Crippen molar-refractivity contribution in [2.45, 2.75) is 26.4 Å². The van der Waals surface area contributed by atoms with Gasteiger partial charge in [0.05, 0.1) is 0 Å². The molecule has 1 aromatic rings. The van der Waals surface area contributed by atoms with Crippen LogP contribution in [-0.4, -0.2) is 11.5 Å². The Morgan fingerprint density at radius 2 is 1.93 bits per heavy atom. The number of benzene rings is 1. The summed E-state index contributed by atoms with van der Waals surface area (Å²) in [5, 5.41) is 0. The summed E-state index contributed by atoms with van der Waals surface area (Å²) in [5.41, 5.74) is -1.27. The molecule has 1 aromatic carbocycles. The minimum atomic E-state index is -1.96. The van der Waals surface area contributed by atoms with Gasteiger partial charge in [-0.25, -0.2) is 8.78 Å². The highest BCUT2D eigenvalue weighted by Crippen LogP contribution is 2.20. The smallest absolute Gasteiger partial charge is 0.199 e. The lowest BCUT2D eigenvalue weighted by molar-refractivity contribution is 0.0759. The van der Waals surface area contributed by atoms with Gasteiger partial charge in [0.1, 0.15) is 5.82 Å². The number of hydrogen-bond acceptors (Lipinski definition) is 1. The summed E-state index contributed by atoms with van der Waals surface area (Å²) in [6.07, 6.45) is 0. The van der Waals surface area contributed by atoms with Crippen molar-refractivity contribution in [1.29, 1.82) is 0 Å². The standard InChI is InChI=1S/C11H12F2O/c1-7-4-5-8(12)6-9(7)10(14)11(2,3)13/h4-6H,1-3H3. The molecule has 3 heteroatoms. The SMILES string of the molecule is Cc1ccc(F)cc1C(=O)C(C)(C)F. The van der Waals surface area contributed by atoms with Crippen molar-refractivity contribution in [2.24, 2.45) is 0 Å². The Labute approximate surface area is 81.7 Å². The van der Waals surface area contributed by atoms with Gasteiger partial charge in [-0.15, -0.1) is 0 Å². The summed E-state index contributed by atoms with van der Waals surface area (Å²) < 4.78 is 26.1. The Morgan fingerprint density at radius 1 is 1.36 bits per heavy atom. The van der Waals surface area contributed by atoms with Crippen molar-refractivity contribution >= 4 is 5.78 Å². The lowest BCUT2D eigenvalue weighted by Crippen LogP contribution is -2.26. The van der Waals surface area contributed by atoms with Crippen LogP contribution in [0.4, 0.5) is 8.78 Å². The van der Waals surface area contributed by atoms with Crippen LogP contribution in [0.15, 0.2) is 18.2 Å². The average molecular weight is 198 g/mol. The quantitative estimate of drug-likeness (QED) is 0.667. The molecule has 76 valence electrons. The molecule has 0 unspecified atom stereocenters. The number of rotatable bonds is 2. The van der Waals surface area contributed by atoms with E-state index in [9.17, 15) is 13.6 Å². The second kappa shape index (κ2) is 3.48. The van der Waals surface area contributed by atoms with E-state index in [0.717, 1.165) is 6.07 Å². The first kappa shape index (κ1) is 10.8.